The molecule has 2 fully saturated rings. The summed E-state index contributed by atoms with van der Waals surface area (Å²) in [7, 11) is 0. The van der Waals surface area contributed by atoms with Gasteiger partial charge in [-0.05, 0) is 11.8 Å². The van der Waals surface area contributed by atoms with Crippen LogP contribution in [-0.4, -0.2) is 0 Å². The third kappa shape index (κ3) is 4.69. The summed E-state index contributed by atoms with van der Waals surface area (Å²) in [5.74, 6) is 4.74. The average Bonchev–Trinajstić information content (AvgIpc) is 3.07. The first kappa shape index (κ1) is 20.9. The van der Waals surface area contributed by atoms with Crippen LogP contribution in [0.1, 0.15) is 25.7 Å². The van der Waals surface area contributed by atoms with Gasteiger partial charge in [-0.25, -0.2) is 0 Å². The molecule has 0 aliphatic heterocycles. The van der Waals surface area contributed by atoms with E-state index in [4.69, 9.17) is 0 Å². The topological polar surface area (TPSA) is 0 Å². The van der Waals surface area contributed by atoms with Gasteiger partial charge in [-0.1, -0.05) is 62.1 Å². The minimum atomic E-state index is 0. The summed E-state index contributed by atoms with van der Waals surface area (Å²) >= 11 is 0. The molecule has 0 nitrogen and oxygen atoms in total. The van der Waals surface area contributed by atoms with Crippen LogP contribution in [0, 0.1) is 63.2 Å². The van der Waals surface area contributed by atoms with E-state index < -0.39 is 0 Å². The molecule has 4 aliphatic carbocycles. The number of rotatable bonds is 3. The molecule has 2 saturated carbocycles. The number of hydrogen-bond acceptors (Lipinski definition) is 0. The molecule has 0 amide bonds. The summed E-state index contributed by atoms with van der Waals surface area (Å²) in [6.45, 7) is 0. The standard InChI is InChI=1S/C20H24.2CH3.Zr/c1-2-6-18-12-15(11-17(18)5-1)9-10-16-13-19-7-3-4-8-20(19)14-16;;;/h1-8,11,13,15-20H,9-10,12,14H2;2*1H3;/q-2;2*-1;+4. The largest absolute Gasteiger partial charge is 4.00 e. The van der Waals surface area contributed by atoms with Gasteiger partial charge in [0.25, 0.3) is 0 Å². The van der Waals surface area contributed by atoms with Crippen molar-refractivity contribution in [3.63, 3.8) is 0 Å². The molecule has 0 heterocycles. The first-order valence-corrected chi connectivity index (χ1v) is 8.28. The van der Waals surface area contributed by atoms with Crippen molar-refractivity contribution < 1.29 is 26.2 Å². The van der Waals surface area contributed by atoms with Crippen molar-refractivity contribution in [3.05, 3.63) is 76.3 Å². The summed E-state index contributed by atoms with van der Waals surface area (Å²) in [4.78, 5) is 0. The Morgan fingerprint density at radius 1 is 0.652 bits per heavy atom. The van der Waals surface area contributed by atoms with Crippen LogP contribution in [0.15, 0.2) is 48.6 Å². The maximum Gasteiger partial charge on any atom is 4.00 e. The Kier molecular flexibility index (Phi) is 8.50. The Balaban J connectivity index is 0.000000882. The molecule has 0 bridgehead atoms. The molecule has 4 rings (SSSR count). The van der Waals surface area contributed by atoms with Crippen LogP contribution in [0.25, 0.3) is 0 Å². The average molecular weight is 386 g/mol. The van der Waals surface area contributed by atoms with Crippen molar-refractivity contribution in [3.8, 4) is 0 Å². The van der Waals surface area contributed by atoms with Gasteiger partial charge in [0.1, 0.15) is 0 Å². The van der Waals surface area contributed by atoms with Crippen molar-refractivity contribution in [2.45, 2.75) is 25.7 Å². The number of allylic oxidation sites excluding steroid dienone is 8. The maximum absolute atomic E-state index is 2.62. The van der Waals surface area contributed by atoms with Crippen LogP contribution in [0.2, 0.25) is 0 Å². The van der Waals surface area contributed by atoms with Gasteiger partial charge >= 0.3 is 26.2 Å². The van der Waals surface area contributed by atoms with E-state index in [0.717, 1.165) is 35.5 Å². The summed E-state index contributed by atoms with van der Waals surface area (Å²) in [5.41, 5.74) is 0. The Bertz CT molecular complexity index is 386. The van der Waals surface area contributed by atoms with Crippen LogP contribution in [0.5, 0.6) is 0 Å². The molecular formula is C22H30Zr. The third-order valence-electron chi connectivity index (χ3n) is 5.64. The Labute approximate surface area is 163 Å². The quantitative estimate of drug-likeness (QED) is 0.536. The smallest absolute Gasteiger partial charge is 0.358 e. The summed E-state index contributed by atoms with van der Waals surface area (Å²) in [6.07, 6.45) is 29.3. The van der Waals surface area contributed by atoms with Gasteiger partial charge in [-0.2, -0.15) is 11.8 Å². The SMILES string of the molecule is C1=CC2[CH-]C(CCC3[CH-]C4C=CC=CC4C3)CC2C=C1.[CH3-].[CH3-].[Zr+4]. The molecule has 0 saturated heterocycles. The van der Waals surface area contributed by atoms with Crippen LogP contribution in [0.3, 0.4) is 0 Å². The van der Waals surface area contributed by atoms with Gasteiger partial charge < -0.3 is 27.7 Å². The molecule has 4 aliphatic rings. The van der Waals surface area contributed by atoms with Gasteiger partial charge in [0.15, 0.2) is 0 Å². The van der Waals surface area contributed by atoms with Crippen molar-refractivity contribution in [1.82, 2.24) is 0 Å². The second-order valence-corrected chi connectivity index (χ2v) is 6.98. The van der Waals surface area contributed by atoms with Crippen LogP contribution < -0.4 is 0 Å². The Morgan fingerprint density at radius 3 is 1.43 bits per heavy atom. The molecule has 6 unspecified atom stereocenters. The summed E-state index contributed by atoms with van der Waals surface area (Å²) < 4.78 is 0. The van der Waals surface area contributed by atoms with Gasteiger partial charge in [-0.3, -0.25) is 0 Å². The molecule has 0 aromatic rings. The minimum absolute atomic E-state index is 0. The monoisotopic (exact) mass is 384 g/mol. The fourth-order valence-electron chi connectivity index (χ4n) is 4.57. The van der Waals surface area contributed by atoms with E-state index in [0.29, 0.717) is 0 Å². The number of fused-ring (bicyclic) bond motifs is 2. The van der Waals surface area contributed by atoms with E-state index in [2.05, 4.69) is 61.4 Å². The Hall–Kier alpha value is -0.157. The molecule has 0 spiro atoms. The first-order valence-electron chi connectivity index (χ1n) is 8.28. The minimum Gasteiger partial charge on any atom is -0.358 e. The van der Waals surface area contributed by atoms with Gasteiger partial charge in [0.2, 0.25) is 0 Å². The van der Waals surface area contributed by atoms with Gasteiger partial charge in [-0.15, -0.1) is 24.0 Å². The van der Waals surface area contributed by atoms with Crippen LogP contribution in [-0.2, 0) is 26.2 Å². The zero-order valence-electron chi connectivity index (χ0n) is 14.6. The van der Waals surface area contributed by atoms with E-state index >= 15 is 0 Å². The second kappa shape index (κ2) is 9.36. The zero-order valence-corrected chi connectivity index (χ0v) is 17.0. The van der Waals surface area contributed by atoms with Crippen LogP contribution >= 0.6 is 0 Å². The fourth-order valence-corrected chi connectivity index (χ4v) is 4.57. The van der Waals surface area contributed by atoms with Crippen molar-refractivity contribution in [2.75, 3.05) is 0 Å². The van der Waals surface area contributed by atoms with Crippen LogP contribution in [0.4, 0.5) is 0 Å². The van der Waals surface area contributed by atoms with Gasteiger partial charge in [0.05, 0.1) is 0 Å². The van der Waals surface area contributed by atoms with E-state index in [1.807, 2.05) is 0 Å². The molecule has 23 heavy (non-hydrogen) atoms. The molecule has 0 N–H and O–H groups in total. The van der Waals surface area contributed by atoms with E-state index in [9.17, 15) is 0 Å². The predicted octanol–water partition coefficient (Wildman–Crippen LogP) is 5.83. The molecule has 1 heteroatoms. The molecular weight excluding hydrogens is 355 g/mol. The Morgan fingerprint density at radius 2 is 1.04 bits per heavy atom. The van der Waals surface area contributed by atoms with Crippen molar-refractivity contribution >= 4 is 0 Å². The van der Waals surface area contributed by atoms with Gasteiger partial charge in [0, 0.05) is 0 Å². The normalized spacial score (nSPS) is 39.0. The van der Waals surface area contributed by atoms with E-state index in [-0.39, 0.29) is 41.1 Å². The molecule has 0 aromatic carbocycles. The molecule has 122 valence electrons. The molecule has 0 radical (unpaired) electrons. The summed E-state index contributed by atoms with van der Waals surface area (Å²) in [5, 5.41) is 0. The first-order chi connectivity index (χ1) is 9.88. The zero-order chi connectivity index (χ0) is 13.4. The second-order valence-electron chi connectivity index (χ2n) is 6.98. The summed E-state index contributed by atoms with van der Waals surface area (Å²) in [6, 6.07) is 0. The van der Waals surface area contributed by atoms with Crippen molar-refractivity contribution in [1.29, 1.82) is 0 Å². The fraction of sp³-hybridized carbons (Fsp3) is 0.455. The maximum atomic E-state index is 2.62. The van der Waals surface area contributed by atoms with E-state index in [1.54, 1.807) is 0 Å². The third-order valence-corrected chi connectivity index (χ3v) is 5.64. The molecule has 6 atom stereocenters. The van der Waals surface area contributed by atoms with E-state index in [1.165, 1.54) is 25.7 Å². The number of hydrogen-bond donors (Lipinski definition) is 0. The predicted molar refractivity (Wildman–Crippen MR) is 97.4 cm³/mol. The molecule has 0 aromatic heterocycles. The van der Waals surface area contributed by atoms with Crippen molar-refractivity contribution in [2.24, 2.45) is 35.5 Å².